The first-order valence-electron chi connectivity index (χ1n) is 9.64. The minimum absolute atomic E-state index is 0.153. The first kappa shape index (κ1) is 23.6. The van der Waals surface area contributed by atoms with Gasteiger partial charge in [-0.1, -0.05) is 51.1 Å². The Labute approximate surface area is 166 Å². The maximum absolute atomic E-state index is 13.0. The summed E-state index contributed by atoms with van der Waals surface area (Å²) in [7, 11) is 0. The minimum Gasteiger partial charge on any atom is -0.461 e. The molecule has 7 heteroatoms. The molecule has 0 heterocycles. The summed E-state index contributed by atoms with van der Waals surface area (Å²) in [5, 5.41) is 11.7. The van der Waals surface area contributed by atoms with Gasteiger partial charge >= 0.3 is 5.97 Å². The summed E-state index contributed by atoms with van der Waals surface area (Å²) in [5.41, 5.74) is 2.49. The highest BCUT2D eigenvalue weighted by atomic mass is 16.5. The van der Waals surface area contributed by atoms with Crippen molar-refractivity contribution >= 4 is 17.8 Å². The lowest BCUT2D eigenvalue weighted by atomic mass is 9.85. The molecule has 2 amide bonds. The van der Waals surface area contributed by atoms with E-state index in [2.05, 4.69) is 5.32 Å². The molecular formula is C21H32N2O5. The van der Waals surface area contributed by atoms with Crippen LogP contribution >= 0.6 is 0 Å². The van der Waals surface area contributed by atoms with Crippen LogP contribution in [0.25, 0.3) is 0 Å². The van der Waals surface area contributed by atoms with Crippen molar-refractivity contribution in [3.05, 3.63) is 35.9 Å². The Morgan fingerprint density at radius 3 is 2.11 bits per heavy atom. The third-order valence-electron chi connectivity index (χ3n) is 4.42. The summed E-state index contributed by atoms with van der Waals surface area (Å²) >= 11 is 0. The lowest BCUT2D eigenvalue weighted by Gasteiger charge is -2.26. The Morgan fingerprint density at radius 1 is 1.00 bits per heavy atom. The number of benzene rings is 1. The molecule has 28 heavy (non-hydrogen) atoms. The zero-order valence-electron chi connectivity index (χ0n) is 17.3. The van der Waals surface area contributed by atoms with Crippen LogP contribution in [0.5, 0.6) is 0 Å². The van der Waals surface area contributed by atoms with Crippen LogP contribution in [-0.4, -0.2) is 35.1 Å². The van der Waals surface area contributed by atoms with Crippen LogP contribution in [-0.2, 0) is 25.5 Å². The lowest BCUT2D eigenvalue weighted by molar-refractivity contribution is -0.152. The number of rotatable bonds is 10. The fourth-order valence-corrected chi connectivity index (χ4v) is 2.97. The first-order valence-corrected chi connectivity index (χ1v) is 9.64. The zero-order chi connectivity index (χ0) is 21.3. The molecule has 7 nitrogen and oxygen atoms in total. The van der Waals surface area contributed by atoms with Gasteiger partial charge in [-0.2, -0.15) is 0 Å². The van der Waals surface area contributed by atoms with Crippen LogP contribution < -0.4 is 10.8 Å². The molecule has 0 bridgehead atoms. The smallest absolute Gasteiger partial charge is 0.329 e. The fourth-order valence-electron chi connectivity index (χ4n) is 2.97. The molecule has 1 aromatic carbocycles. The number of hydroxylamine groups is 1. The largest absolute Gasteiger partial charge is 0.461 e. The molecular weight excluding hydrogens is 360 g/mol. The van der Waals surface area contributed by atoms with Crippen LogP contribution in [0, 0.1) is 17.8 Å². The average Bonchev–Trinajstić information content (AvgIpc) is 2.64. The summed E-state index contributed by atoms with van der Waals surface area (Å²) in [5.74, 6) is -2.84. The van der Waals surface area contributed by atoms with Gasteiger partial charge in [-0.05, 0) is 31.7 Å². The van der Waals surface area contributed by atoms with Crippen molar-refractivity contribution in [1.29, 1.82) is 0 Å². The summed E-state index contributed by atoms with van der Waals surface area (Å²) in [4.78, 5) is 37.4. The SMILES string of the molecule is CC(C)C[C@@H](C(=O)NC(Cc1ccccc1)C(=O)OC(C)C)[C@H](C)C(=O)NO. The van der Waals surface area contributed by atoms with Gasteiger partial charge < -0.3 is 10.1 Å². The molecule has 156 valence electrons. The number of hydrogen-bond donors (Lipinski definition) is 3. The van der Waals surface area contributed by atoms with E-state index in [0.29, 0.717) is 6.42 Å². The fraction of sp³-hybridized carbons (Fsp3) is 0.571. The van der Waals surface area contributed by atoms with Crippen molar-refractivity contribution in [1.82, 2.24) is 10.8 Å². The highest BCUT2D eigenvalue weighted by Gasteiger charge is 2.33. The van der Waals surface area contributed by atoms with E-state index in [4.69, 9.17) is 9.94 Å². The van der Waals surface area contributed by atoms with Crippen molar-refractivity contribution in [2.45, 2.75) is 59.6 Å². The summed E-state index contributed by atoms with van der Waals surface area (Å²) in [6.07, 6.45) is 0.415. The number of esters is 1. The molecule has 0 aliphatic carbocycles. The Morgan fingerprint density at radius 2 is 1.61 bits per heavy atom. The summed E-state index contributed by atoms with van der Waals surface area (Å²) in [6, 6.07) is 8.47. The van der Waals surface area contributed by atoms with Crippen molar-refractivity contribution in [3.63, 3.8) is 0 Å². The zero-order valence-corrected chi connectivity index (χ0v) is 17.3. The van der Waals surface area contributed by atoms with Crippen LogP contribution in [0.3, 0.4) is 0 Å². The van der Waals surface area contributed by atoms with Gasteiger partial charge in [0.15, 0.2) is 0 Å². The van der Waals surface area contributed by atoms with Gasteiger partial charge in [-0.15, -0.1) is 0 Å². The van der Waals surface area contributed by atoms with Gasteiger partial charge in [0.05, 0.1) is 6.10 Å². The van der Waals surface area contributed by atoms with Gasteiger partial charge in [0.25, 0.3) is 0 Å². The van der Waals surface area contributed by atoms with Gasteiger partial charge in [0.2, 0.25) is 11.8 Å². The molecule has 0 saturated heterocycles. The predicted molar refractivity (Wildman–Crippen MR) is 105 cm³/mol. The minimum atomic E-state index is -0.864. The van der Waals surface area contributed by atoms with E-state index in [1.165, 1.54) is 0 Å². The molecule has 3 N–H and O–H groups in total. The van der Waals surface area contributed by atoms with E-state index in [9.17, 15) is 14.4 Å². The number of ether oxygens (including phenoxy) is 1. The van der Waals surface area contributed by atoms with Crippen molar-refractivity contribution < 1.29 is 24.3 Å². The molecule has 1 aromatic rings. The van der Waals surface area contributed by atoms with Crippen molar-refractivity contribution in [2.75, 3.05) is 0 Å². The van der Waals surface area contributed by atoms with E-state index < -0.39 is 35.7 Å². The maximum Gasteiger partial charge on any atom is 0.329 e. The first-order chi connectivity index (χ1) is 13.1. The van der Waals surface area contributed by atoms with Crippen molar-refractivity contribution in [3.8, 4) is 0 Å². The molecule has 1 unspecified atom stereocenters. The number of carbonyl (C=O) groups is 3. The molecule has 0 spiro atoms. The molecule has 0 fully saturated rings. The molecule has 0 aliphatic rings. The number of carbonyl (C=O) groups excluding carboxylic acids is 3. The number of nitrogens with one attached hydrogen (secondary N) is 2. The number of hydrogen-bond acceptors (Lipinski definition) is 5. The standard InChI is InChI=1S/C21H32N2O5/c1-13(2)11-17(15(5)19(24)23-27)20(25)22-18(21(26)28-14(3)4)12-16-9-7-6-8-10-16/h6-10,13-15,17-18,27H,11-12H2,1-5H3,(H,22,25)(H,23,24)/t15-,17+,18?/m0/s1. The summed E-state index contributed by atoms with van der Waals surface area (Å²) in [6.45, 7) is 8.95. The Hall–Kier alpha value is -2.41. The van der Waals surface area contributed by atoms with Crippen LogP contribution in [0.4, 0.5) is 0 Å². The second kappa shape index (κ2) is 11.4. The third-order valence-corrected chi connectivity index (χ3v) is 4.42. The van der Waals surface area contributed by atoms with E-state index >= 15 is 0 Å². The monoisotopic (exact) mass is 392 g/mol. The average molecular weight is 392 g/mol. The van der Waals surface area contributed by atoms with E-state index in [-0.39, 0.29) is 18.4 Å². The van der Waals surface area contributed by atoms with Crippen LogP contribution in [0.1, 0.15) is 46.6 Å². The van der Waals surface area contributed by atoms with Gasteiger partial charge in [0.1, 0.15) is 6.04 Å². The topological polar surface area (TPSA) is 105 Å². The predicted octanol–water partition coefficient (Wildman–Crippen LogP) is 2.47. The second-order valence-electron chi connectivity index (χ2n) is 7.74. The number of amides is 2. The quantitative estimate of drug-likeness (QED) is 0.322. The highest BCUT2D eigenvalue weighted by Crippen LogP contribution is 2.22. The normalized spacial score (nSPS) is 14.3. The molecule has 1 rings (SSSR count). The molecule has 0 aromatic heterocycles. The van der Waals surface area contributed by atoms with E-state index in [1.807, 2.05) is 44.2 Å². The van der Waals surface area contributed by atoms with Gasteiger partial charge in [-0.25, -0.2) is 10.3 Å². The van der Waals surface area contributed by atoms with Crippen LogP contribution in [0.15, 0.2) is 30.3 Å². The molecule has 0 saturated carbocycles. The van der Waals surface area contributed by atoms with Gasteiger partial charge in [0, 0.05) is 18.3 Å². The molecule has 0 aliphatic heterocycles. The van der Waals surface area contributed by atoms with Gasteiger partial charge in [-0.3, -0.25) is 14.8 Å². The molecule has 0 radical (unpaired) electrons. The van der Waals surface area contributed by atoms with Crippen LogP contribution in [0.2, 0.25) is 0 Å². The van der Waals surface area contributed by atoms with Crippen molar-refractivity contribution in [2.24, 2.45) is 17.8 Å². The van der Waals surface area contributed by atoms with E-state index in [0.717, 1.165) is 5.56 Å². The lowest BCUT2D eigenvalue weighted by Crippen LogP contribution is -2.49. The molecule has 3 atom stereocenters. The Bertz CT molecular complexity index is 645. The highest BCUT2D eigenvalue weighted by molar-refractivity contribution is 5.90. The Kier molecular flexibility index (Phi) is 9.65. The third kappa shape index (κ3) is 7.68. The van der Waals surface area contributed by atoms with E-state index in [1.54, 1.807) is 26.3 Å². The summed E-state index contributed by atoms with van der Waals surface area (Å²) < 4.78 is 5.30. The second-order valence-corrected chi connectivity index (χ2v) is 7.74. The maximum atomic E-state index is 13.0. The Balaban J connectivity index is 3.02.